The Labute approximate surface area is 262 Å². The summed E-state index contributed by atoms with van der Waals surface area (Å²) in [5, 5.41) is 12.1. The standard InChI is InChI=1S/C38H37FO4S/c1-27-12-15-32(20-31(27)21-36-18-19-37(44-36)30-13-16-33(39)17-14-30)38(40)23-34(42-25-29-10-6-3-7-11-29)22-35(43-38)26-41-24-28-8-4-2-5-9-28/h2-20,34-35,40H,21-26H2,1H3/t34?,35?,38-/m0/s1. The number of hydrogen-bond acceptors (Lipinski definition) is 5. The van der Waals surface area contributed by atoms with Crippen molar-refractivity contribution in [2.24, 2.45) is 0 Å². The van der Waals surface area contributed by atoms with Crippen LogP contribution < -0.4 is 0 Å². The van der Waals surface area contributed by atoms with Crippen molar-refractivity contribution >= 4 is 11.3 Å². The van der Waals surface area contributed by atoms with Gasteiger partial charge in [0.1, 0.15) is 5.82 Å². The number of rotatable bonds is 11. The minimum absolute atomic E-state index is 0.209. The third kappa shape index (κ3) is 7.70. The second-order valence-corrected chi connectivity index (χ2v) is 12.6. The fourth-order valence-corrected chi connectivity index (χ4v) is 6.71. The lowest BCUT2D eigenvalue weighted by Gasteiger charge is -2.41. The van der Waals surface area contributed by atoms with Gasteiger partial charge in [-0.3, -0.25) is 0 Å². The summed E-state index contributed by atoms with van der Waals surface area (Å²) < 4.78 is 32.3. The molecular formula is C38H37FO4S. The topological polar surface area (TPSA) is 47.9 Å². The molecule has 5 aromatic rings. The van der Waals surface area contributed by atoms with E-state index in [2.05, 4.69) is 31.2 Å². The van der Waals surface area contributed by atoms with Crippen molar-refractivity contribution in [1.29, 1.82) is 0 Å². The third-order valence-electron chi connectivity index (χ3n) is 8.09. The number of benzene rings is 4. The van der Waals surface area contributed by atoms with Crippen LogP contribution >= 0.6 is 11.3 Å². The zero-order valence-electron chi connectivity index (χ0n) is 24.8. The molecule has 1 fully saturated rings. The van der Waals surface area contributed by atoms with Gasteiger partial charge in [0.05, 0.1) is 32.0 Å². The maximum absolute atomic E-state index is 13.4. The van der Waals surface area contributed by atoms with Crippen LogP contribution in [0.3, 0.4) is 0 Å². The third-order valence-corrected chi connectivity index (χ3v) is 9.23. The van der Waals surface area contributed by atoms with Gasteiger partial charge in [0.25, 0.3) is 0 Å². The molecule has 1 N–H and O–H groups in total. The highest BCUT2D eigenvalue weighted by atomic mass is 32.1. The van der Waals surface area contributed by atoms with Gasteiger partial charge >= 0.3 is 0 Å². The second kappa shape index (κ2) is 14.0. The Morgan fingerprint density at radius 3 is 2.30 bits per heavy atom. The summed E-state index contributed by atoms with van der Waals surface area (Å²) in [6.07, 6.45) is 1.13. The van der Waals surface area contributed by atoms with Crippen LogP contribution in [0.15, 0.2) is 115 Å². The normalized spacial score (nSPS) is 20.1. The first-order valence-corrected chi connectivity index (χ1v) is 15.9. The number of hydrogen-bond donors (Lipinski definition) is 1. The molecule has 2 heterocycles. The molecule has 4 nitrogen and oxygen atoms in total. The Hall–Kier alpha value is -3.65. The van der Waals surface area contributed by atoms with E-state index < -0.39 is 5.79 Å². The van der Waals surface area contributed by atoms with Crippen LogP contribution in [0.2, 0.25) is 0 Å². The Bertz CT molecular complexity index is 1640. The largest absolute Gasteiger partial charge is 0.374 e. The van der Waals surface area contributed by atoms with Gasteiger partial charge in [-0.25, -0.2) is 4.39 Å². The molecule has 0 amide bonds. The summed E-state index contributed by atoms with van der Waals surface area (Å²) in [7, 11) is 0. The van der Waals surface area contributed by atoms with E-state index in [9.17, 15) is 9.50 Å². The van der Waals surface area contributed by atoms with E-state index in [1.807, 2.05) is 78.9 Å². The molecule has 0 radical (unpaired) electrons. The molecule has 44 heavy (non-hydrogen) atoms. The summed E-state index contributed by atoms with van der Waals surface area (Å²) in [6, 6.07) is 37.0. The molecule has 3 atom stereocenters. The first-order chi connectivity index (χ1) is 21.4. The van der Waals surface area contributed by atoms with Crippen molar-refractivity contribution in [3.05, 3.63) is 154 Å². The van der Waals surface area contributed by atoms with Crippen LogP contribution in [0.5, 0.6) is 0 Å². The number of aliphatic hydroxyl groups is 1. The molecule has 226 valence electrons. The highest BCUT2D eigenvalue weighted by molar-refractivity contribution is 7.15. The molecule has 4 aromatic carbocycles. The molecule has 0 bridgehead atoms. The Morgan fingerprint density at radius 2 is 1.57 bits per heavy atom. The van der Waals surface area contributed by atoms with Crippen LogP contribution in [-0.4, -0.2) is 23.9 Å². The van der Waals surface area contributed by atoms with Crippen molar-refractivity contribution in [1.82, 2.24) is 0 Å². The van der Waals surface area contributed by atoms with Crippen molar-refractivity contribution < 1.29 is 23.7 Å². The smallest absolute Gasteiger partial charge is 0.195 e. The molecule has 0 spiro atoms. The highest BCUT2D eigenvalue weighted by Crippen LogP contribution is 2.39. The average Bonchev–Trinajstić information content (AvgIpc) is 3.51. The molecule has 0 aliphatic carbocycles. The predicted octanol–water partition coefficient (Wildman–Crippen LogP) is 8.58. The lowest BCUT2D eigenvalue weighted by atomic mass is 9.90. The van der Waals surface area contributed by atoms with Crippen LogP contribution in [-0.2, 0) is 39.6 Å². The van der Waals surface area contributed by atoms with E-state index in [0.29, 0.717) is 32.7 Å². The first-order valence-electron chi connectivity index (χ1n) is 15.1. The fraction of sp³-hybridized carbons (Fsp3) is 0.263. The molecule has 6 heteroatoms. The quantitative estimate of drug-likeness (QED) is 0.163. The van der Waals surface area contributed by atoms with Crippen LogP contribution in [0.25, 0.3) is 10.4 Å². The minimum Gasteiger partial charge on any atom is -0.374 e. The Balaban J connectivity index is 1.19. The number of aryl methyl sites for hydroxylation is 1. The second-order valence-electron chi connectivity index (χ2n) is 11.5. The first kappa shape index (κ1) is 30.4. The van der Waals surface area contributed by atoms with Crippen molar-refractivity contribution in [3.63, 3.8) is 0 Å². The fourth-order valence-electron chi connectivity index (χ4n) is 5.68. The van der Waals surface area contributed by atoms with E-state index >= 15 is 0 Å². The molecule has 1 aliphatic heterocycles. The molecule has 6 rings (SSSR count). The van der Waals surface area contributed by atoms with Crippen LogP contribution in [0, 0.1) is 12.7 Å². The summed E-state index contributed by atoms with van der Waals surface area (Å²) in [4.78, 5) is 2.29. The van der Waals surface area contributed by atoms with Gasteiger partial charge in [-0.1, -0.05) is 84.9 Å². The van der Waals surface area contributed by atoms with E-state index in [1.54, 1.807) is 11.3 Å². The zero-order valence-corrected chi connectivity index (χ0v) is 25.6. The summed E-state index contributed by atoms with van der Waals surface area (Å²) >= 11 is 1.70. The molecular weight excluding hydrogens is 571 g/mol. The zero-order chi connectivity index (χ0) is 30.4. The van der Waals surface area contributed by atoms with E-state index in [4.69, 9.17) is 14.2 Å². The van der Waals surface area contributed by atoms with Gasteiger partial charge in [-0.05, 0) is 65.1 Å². The number of ether oxygens (including phenoxy) is 3. The monoisotopic (exact) mass is 608 g/mol. The molecule has 1 aliphatic rings. The minimum atomic E-state index is -1.52. The summed E-state index contributed by atoms with van der Waals surface area (Å²) in [5.74, 6) is -1.75. The van der Waals surface area contributed by atoms with Gasteiger partial charge in [0, 0.05) is 34.6 Å². The van der Waals surface area contributed by atoms with Gasteiger partial charge in [0.15, 0.2) is 5.79 Å². The summed E-state index contributed by atoms with van der Waals surface area (Å²) in [6.45, 7) is 3.38. The average molecular weight is 609 g/mol. The Kier molecular flexibility index (Phi) is 9.65. The predicted molar refractivity (Wildman–Crippen MR) is 173 cm³/mol. The van der Waals surface area contributed by atoms with Gasteiger partial charge < -0.3 is 19.3 Å². The Morgan fingerprint density at radius 1 is 0.864 bits per heavy atom. The number of thiophene rings is 1. The lowest BCUT2D eigenvalue weighted by Crippen LogP contribution is -2.46. The van der Waals surface area contributed by atoms with Crippen molar-refractivity contribution in [2.45, 2.75) is 57.4 Å². The van der Waals surface area contributed by atoms with Crippen molar-refractivity contribution in [3.8, 4) is 10.4 Å². The van der Waals surface area contributed by atoms with Crippen LogP contribution in [0.4, 0.5) is 4.39 Å². The van der Waals surface area contributed by atoms with Crippen LogP contribution in [0.1, 0.15) is 45.5 Å². The summed E-state index contributed by atoms with van der Waals surface area (Å²) in [5.41, 5.74) is 6.16. The number of halogens is 1. The SMILES string of the molecule is Cc1ccc([C@]2(O)CC(OCc3ccccc3)CC(COCc3ccccc3)O2)cc1Cc1ccc(-c2ccc(F)cc2)s1. The van der Waals surface area contributed by atoms with Gasteiger partial charge in [-0.2, -0.15) is 0 Å². The maximum Gasteiger partial charge on any atom is 0.195 e. The highest BCUT2D eigenvalue weighted by Gasteiger charge is 2.42. The van der Waals surface area contributed by atoms with E-state index in [1.165, 1.54) is 17.0 Å². The molecule has 1 aromatic heterocycles. The van der Waals surface area contributed by atoms with E-state index in [-0.39, 0.29) is 18.0 Å². The van der Waals surface area contributed by atoms with Crippen molar-refractivity contribution in [2.75, 3.05) is 6.61 Å². The lowest BCUT2D eigenvalue weighted by molar-refractivity contribution is -0.293. The van der Waals surface area contributed by atoms with Gasteiger partial charge in [0.2, 0.25) is 0 Å². The van der Waals surface area contributed by atoms with Gasteiger partial charge in [-0.15, -0.1) is 11.3 Å². The maximum atomic E-state index is 13.4. The molecule has 2 unspecified atom stereocenters. The van der Waals surface area contributed by atoms with E-state index in [0.717, 1.165) is 44.7 Å². The molecule has 1 saturated heterocycles. The molecule has 0 saturated carbocycles.